The molecule has 1 aromatic rings. The van der Waals surface area contributed by atoms with Crippen molar-refractivity contribution >= 4 is 29.6 Å². The average molecular weight is 296 g/mol. The van der Waals surface area contributed by atoms with E-state index in [-0.39, 0.29) is 19.1 Å². The number of hydrogen-bond acceptors (Lipinski definition) is 3. The maximum absolute atomic E-state index is 12.0. The molecule has 0 aromatic heterocycles. The van der Waals surface area contributed by atoms with Crippen molar-refractivity contribution in [3.8, 4) is 0 Å². The second-order valence-corrected chi connectivity index (χ2v) is 4.81. The third-order valence-corrected chi connectivity index (χ3v) is 3.16. The van der Waals surface area contributed by atoms with Crippen molar-refractivity contribution in [2.24, 2.45) is 0 Å². The molecule has 20 heavy (non-hydrogen) atoms. The van der Waals surface area contributed by atoms with Gasteiger partial charge in [-0.15, -0.1) is 0 Å². The van der Waals surface area contributed by atoms with Crippen LogP contribution in [0, 0.1) is 0 Å². The standard InChI is InChI=1S/C14H14ClNO4/c15-11-3-1-2-10(8-11)4-5-13(17)16-6-7-20-12(9-16)14(18)19/h1-5,8,12H,6-7,9H2,(H,18,19). The molecule has 1 heterocycles. The molecule has 0 aliphatic carbocycles. The van der Waals surface area contributed by atoms with Gasteiger partial charge in [-0.2, -0.15) is 0 Å². The lowest BCUT2D eigenvalue weighted by Gasteiger charge is -2.30. The van der Waals surface area contributed by atoms with E-state index in [1.165, 1.54) is 11.0 Å². The van der Waals surface area contributed by atoms with Gasteiger partial charge in [-0.3, -0.25) is 4.79 Å². The molecular weight excluding hydrogens is 282 g/mol. The van der Waals surface area contributed by atoms with Gasteiger partial charge < -0.3 is 14.7 Å². The summed E-state index contributed by atoms with van der Waals surface area (Å²) < 4.78 is 5.06. The molecule has 1 atom stereocenters. The maximum Gasteiger partial charge on any atom is 0.334 e. The lowest BCUT2D eigenvalue weighted by molar-refractivity contribution is -0.158. The number of rotatable bonds is 3. The molecule has 0 spiro atoms. The molecule has 0 bridgehead atoms. The minimum Gasteiger partial charge on any atom is -0.479 e. The van der Waals surface area contributed by atoms with E-state index in [0.717, 1.165) is 5.56 Å². The molecule has 5 nitrogen and oxygen atoms in total. The van der Waals surface area contributed by atoms with E-state index in [2.05, 4.69) is 0 Å². The van der Waals surface area contributed by atoms with Crippen LogP contribution in [0.1, 0.15) is 5.56 Å². The Hall–Kier alpha value is -1.85. The number of halogens is 1. The Morgan fingerprint density at radius 2 is 2.25 bits per heavy atom. The van der Waals surface area contributed by atoms with Crippen LogP contribution in [0.4, 0.5) is 0 Å². The van der Waals surface area contributed by atoms with Gasteiger partial charge in [0.25, 0.3) is 0 Å². The minimum atomic E-state index is -1.05. The van der Waals surface area contributed by atoms with E-state index < -0.39 is 12.1 Å². The Morgan fingerprint density at radius 3 is 2.95 bits per heavy atom. The molecule has 106 valence electrons. The highest BCUT2D eigenvalue weighted by atomic mass is 35.5. The molecule has 1 unspecified atom stereocenters. The van der Waals surface area contributed by atoms with Crippen LogP contribution in [0.5, 0.6) is 0 Å². The Bertz CT molecular complexity index is 544. The van der Waals surface area contributed by atoms with E-state index >= 15 is 0 Å². The summed E-state index contributed by atoms with van der Waals surface area (Å²) in [4.78, 5) is 24.3. The highest BCUT2D eigenvalue weighted by molar-refractivity contribution is 6.30. The fourth-order valence-electron chi connectivity index (χ4n) is 1.88. The van der Waals surface area contributed by atoms with Crippen molar-refractivity contribution in [2.75, 3.05) is 19.7 Å². The summed E-state index contributed by atoms with van der Waals surface area (Å²) in [7, 11) is 0. The zero-order chi connectivity index (χ0) is 14.5. The topological polar surface area (TPSA) is 66.8 Å². The van der Waals surface area contributed by atoms with Gasteiger partial charge >= 0.3 is 5.97 Å². The summed E-state index contributed by atoms with van der Waals surface area (Å²) in [6.07, 6.45) is 2.11. The predicted molar refractivity (Wildman–Crippen MR) is 74.4 cm³/mol. The number of ether oxygens (including phenoxy) is 1. The van der Waals surface area contributed by atoms with Crippen molar-refractivity contribution in [1.29, 1.82) is 0 Å². The number of hydrogen-bond donors (Lipinski definition) is 1. The van der Waals surface area contributed by atoms with Crippen LogP contribution < -0.4 is 0 Å². The molecule has 6 heteroatoms. The van der Waals surface area contributed by atoms with Gasteiger partial charge in [0.15, 0.2) is 6.10 Å². The van der Waals surface area contributed by atoms with Gasteiger partial charge in [0, 0.05) is 17.6 Å². The molecule has 1 aliphatic rings. The Kier molecular flexibility index (Phi) is 4.76. The van der Waals surface area contributed by atoms with Crippen LogP contribution in [0.25, 0.3) is 6.08 Å². The lowest BCUT2D eigenvalue weighted by atomic mass is 10.2. The van der Waals surface area contributed by atoms with Crippen molar-refractivity contribution in [2.45, 2.75) is 6.10 Å². The first-order chi connectivity index (χ1) is 9.56. The Morgan fingerprint density at radius 1 is 1.45 bits per heavy atom. The highest BCUT2D eigenvalue weighted by Gasteiger charge is 2.27. The molecule has 1 amide bonds. The molecule has 2 rings (SSSR count). The molecule has 0 radical (unpaired) electrons. The number of carboxylic acids is 1. The monoisotopic (exact) mass is 295 g/mol. The fourth-order valence-corrected chi connectivity index (χ4v) is 2.08. The van der Waals surface area contributed by atoms with Crippen LogP contribution >= 0.6 is 11.6 Å². The van der Waals surface area contributed by atoms with Gasteiger partial charge in [-0.05, 0) is 23.8 Å². The molecule has 1 saturated heterocycles. The summed E-state index contributed by atoms with van der Waals surface area (Å²) in [6, 6.07) is 7.11. The molecule has 1 aromatic carbocycles. The summed E-state index contributed by atoms with van der Waals surface area (Å²) in [5, 5.41) is 9.47. The number of aliphatic carboxylic acids is 1. The number of carbonyl (C=O) groups is 2. The number of carboxylic acid groups (broad SMARTS) is 1. The third kappa shape index (κ3) is 3.82. The summed E-state index contributed by atoms with van der Waals surface area (Å²) >= 11 is 5.85. The first kappa shape index (κ1) is 14.6. The lowest BCUT2D eigenvalue weighted by Crippen LogP contribution is -2.48. The van der Waals surface area contributed by atoms with Crippen molar-refractivity contribution in [1.82, 2.24) is 4.90 Å². The number of amides is 1. The molecule has 0 saturated carbocycles. The van der Waals surface area contributed by atoms with Crippen molar-refractivity contribution in [3.05, 3.63) is 40.9 Å². The van der Waals surface area contributed by atoms with E-state index in [1.807, 2.05) is 6.07 Å². The summed E-state index contributed by atoms with van der Waals surface area (Å²) in [6.45, 7) is 0.685. The van der Waals surface area contributed by atoms with Crippen LogP contribution in [-0.2, 0) is 14.3 Å². The summed E-state index contributed by atoms with van der Waals surface area (Å²) in [5.41, 5.74) is 0.814. The first-order valence-corrected chi connectivity index (χ1v) is 6.51. The van der Waals surface area contributed by atoms with Gasteiger partial charge in [0.05, 0.1) is 13.2 Å². The predicted octanol–water partition coefficient (Wildman–Crippen LogP) is 1.67. The van der Waals surface area contributed by atoms with Gasteiger partial charge in [-0.1, -0.05) is 23.7 Å². The maximum atomic E-state index is 12.0. The van der Waals surface area contributed by atoms with Crippen LogP contribution in [0.15, 0.2) is 30.3 Å². The SMILES string of the molecule is O=C(O)C1CN(C(=O)C=Cc2cccc(Cl)c2)CCO1. The first-order valence-electron chi connectivity index (χ1n) is 6.13. The second-order valence-electron chi connectivity index (χ2n) is 4.37. The van der Waals surface area contributed by atoms with E-state index in [4.69, 9.17) is 21.4 Å². The van der Waals surface area contributed by atoms with Gasteiger partial charge in [0.1, 0.15) is 0 Å². The number of carbonyl (C=O) groups excluding carboxylic acids is 1. The molecular formula is C14H14ClNO4. The molecule has 1 fully saturated rings. The largest absolute Gasteiger partial charge is 0.479 e. The molecule has 1 aliphatic heterocycles. The van der Waals surface area contributed by atoms with E-state index in [0.29, 0.717) is 11.6 Å². The van der Waals surface area contributed by atoms with Crippen molar-refractivity contribution < 1.29 is 19.4 Å². The Labute approximate surface area is 121 Å². The van der Waals surface area contributed by atoms with E-state index in [9.17, 15) is 9.59 Å². The van der Waals surface area contributed by atoms with Crippen molar-refractivity contribution in [3.63, 3.8) is 0 Å². The average Bonchev–Trinajstić information content (AvgIpc) is 2.45. The summed E-state index contributed by atoms with van der Waals surface area (Å²) in [5.74, 6) is -1.29. The third-order valence-electron chi connectivity index (χ3n) is 2.92. The number of benzene rings is 1. The zero-order valence-electron chi connectivity index (χ0n) is 10.7. The highest BCUT2D eigenvalue weighted by Crippen LogP contribution is 2.12. The van der Waals surface area contributed by atoms with Gasteiger partial charge in [0.2, 0.25) is 5.91 Å². The van der Waals surface area contributed by atoms with Gasteiger partial charge in [-0.25, -0.2) is 4.79 Å². The normalized spacial score (nSPS) is 19.2. The zero-order valence-corrected chi connectivity index (χ0v) is 11.4. The molecule has 1 N–H and O–H groups in total. The number of morpholine rings is 1. The van der Waals surface area contributed by atoms with Crippen LogP contribution in [-0.4, -0.2) is 47.7 Å². The minimum absolute atomic E-state index is 0.0635. The quantitative estimate of drug-likeness (QED) is 0.861. The Balaban J connectivity index is 1.99. The fraction of sp³-hybridized carbons (Fsp3) is 0.286. The van der Waals surface area contributed by atoms with E-state index in [1.54, 1.807) is 24.3 Å². The number of nitrogens with zero attached hydrogens (tertiary/aromatic N) is 1. The second kappa shape index (κ2) is 6.54. The van der Waals surface area contributed by atoms with Crippen LogP contribution in [0.3, 0.4) is 0 Å². The smallest absolute Gasteiger partial charge is 0.334 e. The van der Waals surface area contributed by atoms with Crippen LogP contribution in [0.2, 0.25) is 5.02 Å².